The van der Waals surface area contributed by atoms with Crippen LogP contribution in [0.5, 0.6) is 5.75 Å². The van der Waals surface area contributed by atoms with Crippen molar-refractivity contribution in [2.24, 2.45) is 0 Å². The molecule has 0 spiro atoms. The lowest BCUT2D eigenvalue weighted by Gasteiger charge is -2.10. The molecule has 6 nitrogen and oxygen atoms in total. The number of imidazole rings is 1. The third-order valence-corrected chi connectivity index (χ3v) is 5.26. The molecule has 3 aromatic heterocycles. The zero-order valence-corrected chi connectivity index (χ0v) is 17.2. The van der Waals surface area contributed by atoms with Gasteiger partial charge in [-0.25, -0.2) is 4.98 Å². The first kappa shape index (κ1) is 18.8. The third-order valence-electron chi connectivity index (χ3n) is 5.26. The van der Waals surface area contributed by atoms with E-state index < -0.39 is 0 Å². The molecule has 1 amide bonds. The second-order valence-corrected chi connectivity index (χ2v) is 7.30. The summed E-state index contributed by atoms with van der Waals surface area (Å²) in [6, 6.07) is 21.1. The molecule has 5 rings (SSSR count). The number of anilines is 1. The van der Waals surface area contributed by atoms with Gasteiger partial charge in [-0.05, 0) is 49.4 Å². The largest absolute Gasteiger partial charge is 0.497 e. The number of hydrogen-bond donors (Lipinski definition) is 1. The van der Waals surface area contributed by atoms with Gasteiger partial charge in [-0.2, -0.15) is 0 Å². The van der Waals surface area contributed by atoms with E-state index in [1.165, 1.54) is 0 Å². The summed E-state index contributed by atoms with van der Waals surface area (Å²) >= 11 is 0. The van der Waals surface area contributed by atoms with E-state index in [-0.39, 0.29) is 5.91 Å². The highest BCUT2D eigenvalue weighted by atomic mass is 16.5. The van der Waals surface area contributed by atoms with Crippen molar-refractivity contribution < 1.29 is 9.53 Å². The smallest absolute Gasteiger partial charge is 0.257 e. The number of nitrogens with one attached hydrogen (secondary N) is 1. The SMILES string of the molecule is COc1ccc2cc(C(=O)Nc3ccc(-c4cn5ccccc5n4)cc3)c(C)nc2c1. The quantitative estimate of drug-likeness (QED) is 0.448. The molecule has 6 heteroatoms. The lowest BCUT2D eigenvalue weighted by Crippen LogP contribution is -2.14. The van der Waals surface area contributed by atoms with E-state index in [1.807, 2.05) is 90.4 Å². The fourth-order valence-corrected chi connectivity index (χ4v) is 3.60. The Hall–Kier alpha value is -4.19. The minimum atomic E-state index is -0.191. The summed E-state index contributed by atoms with van der Waals surface area (Å²) in [5.74, 6) is 0.547. The fraction of sp³-hybridized carbons (Fsp3) is 0.0800. The molecule has 0 radical (unpaired) electrons. The predicted octanol–water partition coefficient (Wildman–Crippen LogP) is 5.12. The summed E-state index contributed by atoms with van der Waals surface area (Å²) in [7, 11) is 1.62. The standard InChI is InChI=1S/C25H20N4O2/c1-16-21(13-18-8-11-20(31-2)14-22(18)26-16)25(30)27-19-9-6-17(7-10-19)23-15-29-12-4-3-5-24(29)28-23/h3-15H,1-2H3,(H,27,30). The molecular weight excluding hydrogens is 388 g/mol. The molecule has 0 aliphatic rings. The number of carbonyl (C=O) groups excluding carboxylic acids is 1. The molecule has 0 saturated carbocycles. The van der Waals surface area contributed by atoms with Crippen LogP contribution in [0.25, 0.3) is 27.8 Å². The molecule has 31 heavy (non-hydrogen) atoms. The lowest BCUT2D eigenvalue weighted by atomic mass is 10.1. The van der Waals surface area contributed by atoms with E-state index in [2.05, 4.69) is 15.3 Å². The molecular formula is C25H20N4O2. The number of rotatable bonds is 4. The molecule has 5 aromatic rings. The molecule has 0 aliphatic heterocycles. The maximum Gasteiger partial charge on any atom is 0.257 e. The highest BCUT2D eigenvalue weighted by Crippen LogP contribution is 2.24. The van der Waals surface area contributed by atoms with E-state index in [0.717, 1.165) is 33.6 Å². The number of benzene rings is 2. The van der Waals surface area contributed by atoms with Crippen molar-refractivity contribution in [1.82, 2.24) is 14.4 Å². The topological polar surface area (TPSA) is 68.5 Å². The Kier molecular flexibility index (Phi) is 4.59. The lowest BCUT2D eigenvalue weighted by molar-refractivity contribution is 0.102. The Bertz CT molecular complexity index is 1390. The molecule has 152 valence electrons. The number of hydrogen-bond acceptors (Lipinski definition) is 4. The number of aromatic nitrogens is 3. The summed E-state index contributed by atoms with van der Waals surface area (Å²) in [5, 5.41) is 3.85. The molecule has 0 fully saturated rings. The van der Waals surface area contributed by atoms with Gasteiger partial charge in [0.2, 0.25) is 0 Å². The van der Waals surface area contributed by atoms with Gasteiger partial charge in [0.05, 0.1) is 29.6 Å². The van der Waals surface area contributed by atoms with Crippen LogP contribution in [-0.2, 0) is 0 Å². The maximum absolute atomic E-state index is 12.9. The van der Waals surface area contributed by atoms with Gasteiger partial charge in [0, 0.05) is 35.1 Å². The van der Waals surface area contributed by atoms with Gasteiger partial charge >= 0.3 is 0 Å². The minimum absolute atomic E-state index is 0.191. The molecule has 0 atom stereocenters. The van der Waals surface area contributed by atoms with Gasteiger partial charge in [0.1, 0.15) is 11.4 Å². The van der Waals surface area contributed by atoms with Crippen molar-refractivity contribution in [3.05, 3.63) is 90.4 Å². The van der Waals surface area contributed by atoms with Gasteiger partial charge in [-0.15, -0.1) is 0 Å². The predicted molar refractivity (Wildman–Crippen MR) is 122 cm³/mol. The van der Waals surface area contributed by atoms with Crippen LogP contribution in [0.2, 0.25) is 0 Å². The summed E-state index contributed by atoms with van der Waals surface area (Å²) in [4.78, 5) is 22.1. The molecule has 2 aromatic carbocycles. The first-order chi connectivity index (χ1) is 15.1. The number of fused-ring (bicyclic) bond motifs is 2. The normalized spacial score (nSPS) is 11.0. The molecule has 1 N–H and O–H groups in total. The Morgan fingerprint density at radius 3 is 2.61 bits per heavy atom. The monoisotopic (exact) mass is 408 g/mol. The van der Waals surface area contributed by atoms with Crippen LogP contribution in [-0.4, -0.2) is 27.4 Å². The Balaban J connectivity index is 1.38. The fourth-order valence-electron chi connectivity index (χ4n) is 3.60. The van der Waals surface area contributed by atoms with Gasteiger partial charge in [-0.1, -0.05) is 18.2 Å². The number of carbonyl (C=O) groups is 1. The average Bonchev–Trinajstić information content (AvgIpc) is 3.23. The Morgan fingerprint density at radius 2 is 1.84 bits per heavy atom. The number of methoxy groups -OCH3 is 1. The van der Waals surface area contributed by atoms with Gasteiger partial charge in [-0.3, -0.25) is 9.78 Å². The van der Waals surface area contributed by atoms with Gasteiger partial charge < -0.3 is 14.5 Å². The maximum atomic E-state index is 12.9. The first-order valence-electron chi connectivity index (χ1n) is 9.92. The van der Waals surface area contributed by atoms with Crippen LogP contribution in [0.1, 0.15) is 16.1 Å². The van der Waals surface area contributed by atoms with Crippen molar-refractivity contribution in [1.29, 1.82) is 0 Å². The van der Waals surface area contributed by atoms with Gasteiger partial charge in [0.25, 0.3) is 5.91 Å². The molecule has 0 bridgehead atoms. The third kappa shape index (κ3) is 3.59. The van der Waals surface area contributed by atoms with Crippen molar-refractivity contribution >= 4 is 28.1 Å². The summed E-state index contributed by atoms with van der Waals surface area (Å²) in [6.45, 7) is 1.83. The van der Waals surface area contributed by atoms with E-state index in [9.17, 15) is 4.79 Å². The van der Waals surface area contributed by atoms with Crippen LogP contribution >= 0.6 is 0 Å². The van der Waals surface area contributed by atoms with Crippen LogP contribution in [0, 0.1) is 6.92 Å². The van der Waals surface area contributed by atoms with E-state index in [4.69, 9.17) is 4.74 Å². The zero-order valence-electron chi connectivity index (χ0n) is 17.2. The van der Waals surface area contributed by atoms with Crippen LogP contribution in [0.4, 0.5) is 5.69 Å². The molecule has 0 saturated heterocycles. The minimum Gasteiger partial charge on any atom is -0.497 e. The second kappa shape index (κ2) is 7.57. The number of amides is 1. The highest BCUT2D eigenvalue weighted by molar-refractivity contribution is 6.06. The number of ether oxygens (including phenoxy) is 1. The summed E-state index contributed by atoms with van der Waals surface area (Å²) < 4.78 is 7.23. The van der Waals surface area contributed by atoms with Gasteiger partial charge in [0.15, 0.2) is 0 Å². The zero-order chi connectivity index (χ0) is 21.4. The summed E-state index contributed by atoms with van der Waals surface area (Å²) in [5.41, 5.74) is 5.48. The number of pyridine rings is 2. The van der Waals surface area contributed by atoms with Crippen LogP contribution in [0.3, 0.4) is 0 Å². The van der Waals surface area contributed by atoms with E-state index in [1.54, 1.807) is 7.11 Å². The van der Waals surface area contributed by atoms with Crippen LogP contribution in [0.15, 0.2) is 79.1 Å². The van der Waals surface area contributed by atoms with E-state index >= 15 is 0 Å². The molecule has 3 heterocycles. The highest BCUT2D eigenvalue weighted by Gasteiger charge is 2.13. The van der Waals surface area contributed by atoms with Crippen molar-refractivity contribution in [2.45, 2.75) is 6.92 Å². The molecule has 0 aliphatic carbocycles. The van der Waals surface area contributed by atoms with E-state index in [0.29, 0.717) is 16.9 Å². The van der Waals surface area contributed by atoms with Crippen LogP contribution < -0.4 is 10.1 Å². The first-order valence-corrected chi connectivity index (χ1v) is 9.92. The van der Waals surface area contributed by atoms with Crippen molar-refractivity contribution in [2.75, 3.05) is 12.4 Å². The summed E-state index contributed by atoms with van der Waals surface area (Å²) in [6.07, 6.45) is 3.96. The average molecular weight is 408 g/mol. The Morgan fingerprint density at radius 1 is 1.00 bits per heavy atom. The number of aryl methyl sites for hydroxylation is 1. The number of nitrogens with zero attached hydrogens (tertiary/aromatic N) is 3. The molecule has 0 unspecified atom stereocenters. The Labute approximate surface area is 179 Å². The second-order valence-electron chi connectivity index (χ2n) is 7.30. The van der Waals surface area contributed by atoms with Crippen molar-refractivity contribution in [3.63, 3.8) is 0 Å². The van der Waals surface area contributed by atoms with Crippen molar-refractivity contribution in [3.8, 4) is 17.0 Å².